The molecule has 28 heavy (non-hydrogen) atoms. The van der Waals surface area contributed by atoms with E-state index in [2.05, 4.69) is 78.2 Å². The summed E-state index contributed by atoms with van der Waals surface area (Å²) >= 11 is 0. The van der Waals surface area contributed by atoms with Crippen molar-refractivity contribution >= 4 is 22.4 Å². The van der Waals surface area contributed by atoms with Crippen LogP contribution in [0.4, 0.5) is 11.5 Å². The van der Waals surface area contributed by atoms with Crippen LogP contribution in [0.3, 0.4) is 0 Å². The van der Waals surface area contributed by atoms with Crippen LogP contribution in [0.15, 0.2) is 48.7 Å². The van der Waals surface area contributed by atoms with Gasteiger partial charge >= 0.3 is 0 Å². The monoisotopic (exact) mass is 375 g/mol. The van der Waals surface area contributed by atoms with Crippen molar-refractivity contribution in [1.82, 2.24) is 14.9 Å². The summed E-state index contributed by atoms with van der Waals surface area (Å²) < 4.78 is 0. The van der Waals surface area contributed by atoms with Crippen molar-refractivity contribution in [1.29, 1.82) is 0 Å². The summed E-state index contributed by atoms with van der Waals surface area (Å²) in [5.41, 5.74) is 4.82. The molecule has 0 amide bonds. The van der Waals surface area contributed by atoms with Gasteiger partial charge < -0.3 is 14.7 Å². The first-order valence-electron chi connectivity index (χ1n) is 10.1. The van der Waals surface area contributed by atoms with Crippen molar-refractivity contribution in [3.05, 3.63) is 59.9 Å². The van der Waals surface area contributed by atoms with Crippen molar-refractivity contribution in [2.24, 2.45) is 0 Å². The van der Waals surface area contributed by atoms with E-state index < -0.39 is 0 Å². The second-order valence-corrected chi connectivity index (χ2v) is 7.74. The lowest BCUT2D eigenvalue weighted by atomic mass is 10.1. The highest BCUT2D eigenvalue weighted by molar-refractivity contribution is 5.92. The van der Waals surface area contributed by atoms with Gasteiger partial charge in [0, 0.05) is 55.7 Å². The van der Waals surface area contributed by atoms with Crippen molar-refractivity contribution in [3.63, 3.8) is 0 Å². The fraction of sp³-hybridized carbons (Fsp3) is 0.391. The smallest absolute Gasteiger partial charge is 0.128 e. The minimum absolute atomic E-state index is 0.927. The lowest BCUT2D eigenvalue weighted by molar-refractivity contribution is 0.402. The Morgan fingerprint density at radius 2 is 1.71 bits per heavy atom. The Hall–Kier alpha value is -2.66. The zero-order valence-electron chi connectivity index (χ0n) is 17.1. The molecule has 0 N–H and O–H groups in total. The number of fused-ring (bicyclic) bond motifs is 1. The van der Waals surface area contributed by atoms with Gasteiger partial charge in [-0.05, 0) is 44.3 Å². The molecule has 0 radical (unpaired) electrons. The summed E-state index contributed by atoms with van der Waals surface area (Å²) in [7, 11) is 4.17. The van der Waals surface area contributed by atoms with Gasteiger partial charge in [-0.15, -0.1) is 0 Å². The standard InChI is InChI=1S/C23H29N5/c1-4-19-15-22(20-7-5-6-8-21(20)25-19)27-11-13-28(14-12-27)23-10-9-18(16-24-23)17-26(2)3/h5-10,15-16H,4,11-14,17H2,1-3H3. The van der Waals surface area contributed by atoms with E-state index in [-0.39, 0.29) is 0 Å². The maximum absolute atomic E-state index is 4.79. The quantitative estimate of drug-likeness (QED) is 0.681. The van der Waals surface area contributed by atoms with Gasteiger partial charge in [-0.2, -0.15) is 0 Å². The predicted molar refractivity (Wildman–Crippen MR) is 117 cm³/mol. The molecule has 5 nitrogen and oxygen atoms in total. The normalized spacial score (nSPS) is 14.9. The maximum atomic E-state index is 4.79. The number of para-hydroxylation sites is 1. The van der Waals surface area contributed by atoms with Gasteiger partial charge in [0.15, 0.2) is 0 Å². The lowest BCUT2D eigenvalue weighted by Gasteiger charge is -2.37. The Kier molecular flexibility index (Phi) is 5.44. The first-order valence-corrected chi connectivity index (χ1v) is 10.1. The molecule has 0 atom stereocenters. The number of aryl methyl sites for hydroxylation is 1. The van der Waals surface area contributed by atoms with E-state index in [1.807, 2.05) is 6.20 Å². The van der Waals surface area contributed by atoms with Gasteiger partial charge in [0.2, 0.25) is 0 Å². The van der Waals surface area contributed by atoms with Crippen LogP contribution in [-0.4, -0.2) is 55.1 Å². The number of pyridine rings is 2. The van der Waals surface area contributed by atoms with E-state index >= 15 is 0 Å². The number of aromatic nitrogens is 2. The molecule has 0 aliphatic carbocycles. The second kappa shape index (κ2) is 8.15. The molecule has 1 saturated heterocycles. The molecule has 1 aliphatic heterocycles. The Morgan fingerprint density at radius 1 is 0.964 bits per heavy atom. The Labute approximate surface area is 167 Å². The number of hydrogen-bond acceptors (Lipinski definition) is 5. The molecule has 1 fully saturated rings. The van der Waals surface area contributed by atoms with E-state index in [1.165, 1.54) is 16.6 Å². The van der Waals surface area contributed by atoms with E-state index in [0.717, 1.165) is 56.2 Å². The lowest BCUT2D eigenvalue weighted by Crippen LogP contribution is -2.47. The van der Waals surface area contributed by atoms with E-state index in [0.29, 0.717) is 0 Å². The van der Waals surface area contributed by atoms with E-state index in [4.69, 9.17) is 9.97 Å². The number of hydrogen-bond donors (Lipinski definition) is 0. The fourth-order valence-electron chi connectivity index (χ4n) is 3.89. The molecule has 0 bridgehead atoms. The topological polar surface area (TPSA) is 35.5 Å². The molecular weight excluding hydrogens is 346 g/mol. The first kappa shape index (κ1) is 18.7. The van der Waals surface area contributed by atoms with Gasteiger partial charge in [-0.3, -0.25) is 4.98 Å². The predicted octanol–water partition coefficient (Wildman–Crippen LogP) is 3.58. The largest absolute Gasteiger partial charge is 0.367 e. The van der Waals surface area contributed by atoms with Crippen LogP contribution in [0, 0.1) is 0 Å². The van der Waals surface area contributed by atoms with Crippen LogP contribution in [0.1, 0.15) is 18.2 Å². The summed E-state index contributed by atoms with van der Waals surface area (Å²) in [6.07, 6.45) is 2.96. The van der Waals surface area contributed by atoms with Crippen molar-refractivity contribution in [2.45, 2.75) is 19.9 Å². The third-order valence-corrected chi connectivity index (χ3v) is 5.36. The molecule has 4 rings (SSSR count). The van der Waals surface area contributed by atoms with Gasteiger partial charge in [0.05, 0.1) is 5.52 Å². The molecule has 0 unspecified atom stereocenters. The number of anilines is 2. The first-order chi connectivity index (χ1) is 13.6. The molecule has 3 heterocycles. The van der Waals surface area contributed by atoms with Gasteiger partial charge in [0.25, 0.3) is 0 Å². The highest BCUT2D eigenvalue weighted by Gasteiger charge is 2.20. The van der Waals surface area contributed by atoms with Gasteiger partial charge in [-0.1, -0.05) is 31.2 Å². The molecule has 2 aromatic heterocycles. The number of rotatable bonds is 5. The summed E-state index contributed by atoms with van der Waals surface area (Å²) in [5.74, 6) is 1.08. The zero-order chi connectivity index (χ0) is 19.5. The van der Waals surface area contributed by atoms with Crippen molar-refractivity contribution in [3.8, 4) is 0 Å². The zero-order valence-corrected chi connectivity index (χ0v) is 17.1. The van der Waals surface area contributed by atoms with Crippen LogP contribution in [0.2, 0.25) is 0 Å². The number of benzene rings is 1. The molecule has 0 saturated carbocycles. The maximum Gasteiger partial charge on any atom is 0.128 e. The van der Waals surface area contributed by atoms with E-state index in [9.17, 15) is 0 Å². The molecule has 1 aliphatic rings. The summed E-state index contributed by atoms with van der Waals surface area (Å²) in [5, 5.41) is 1.25. The average Bonchev–Trinajstić information content (AvgIpc) is 2.73. The summed E-state index contributed by atoms with van der Waals surface area (Å²) in [6, 6.07) is 15.1. The van der Waals surface area contributed by atoms with Crippen molar-refractivity contribution in [2.75, 3.05) is 50.1 Å². The highest BCUT2D eigenvalue weighted by Crippen LogP contribution is 2.28. The molecule has 1 aromatic carbocycles. The van der Waals surface area contributed by atoms with Crippen LogP contribution < -0.4 is 9.80 Å². The van der Waals surface area contributed by atoms with E-state index in [1.54, 1.807) is 0 Å². The minimum Gasteiger partial charge on any atom is -0.367 e. The summed E-state index contributed by atoms with van der Waals surface area (Å²) in [4.78, 5) is 16.5. The number of nitrogens with zero attached hydrogens (tertiary/aromatic N) is 5. The second-order valence-electron chi connectivity index (χ2n) is 7.74. The Morgan fingerprint density at radius 3 is 2.39 bits per heavy atom. The van der Waals surface area contributed by atoms with Crippen LogP contribution in [0.5, 0.6) is 0 Å². The molecule has 146 valence electrons. The van der Waals surface area contributed by atoms with Crippen LogP contribution >= 0.6 is 0 Å². The fourth-order valence-corrected chi connectivity index (χ4v) is 3.89. The summed E-state index contributed by atoms with van der Waals surface area (Å²) in [6.45, 7) is 7.06. The van der Waals surface area contributed by atoms with Crippen LogP contribution in [-0.2, 0) is 13.0 Å². The Bertz CT molecular complexity index is 927. The highest BCUT2D eigenvalue weighted by atomic mass is 15.3. The number of piperazine rings is 1. The molecule has 0 spiro atoms. The Balaban J connectivity index is 1.49. The minimum atomic E-state index is 0.927. The molecule has 5 heteroatoms. The average molecular weight is 376 g/mol. The third-order valence-electron chi connectivity index (χ3n) is 5.36. The molecule has 3 aromatic rings. The third kappa shape index (κ3) is 3.94. The van der Waals surface area contributed by atoms with Gasteiger partial charge in [-0.25, -0.2) is 4.98 Å². The van der Waals surface area contributed by atoms with Crippen molar-refractivity contribution < 1.29 is 0 Å². The van der Waals surface area contributed by atoms with Crippen LogP contribution in [0.25, 0.3) is 10.9 Å². The van der Waals surface area contributed by atoms with Gasteiger partial charge in [0.1, 0.15) is 5.82 Å². The SMILES string of the molecule is CCc1cc(N2CCN(c3ccc(CN(C)C)cn3)CC2)c2ccccc2n1. The molecular formula is C23H29N5.